The van der Waals surface area contributed by atoms with Gasteiger partial charge in [-0.1, -0.05) is 81.7 Å². The van der Waals surface area contributed by atoms with Gasteiger partial charge in [0.2, 0.25) is 0 Å². The molecule has 2 aromatic carbocycles. The molecule has 1 aliphatic rings. The number of fused-ring (bicyclic) bond motifs is 3. The van der Waals surface area contributed by atoms with E-state index >= 15 is 0 Å². The maximum absolute atomic E-state index is 5.01. The number of nitrogens with zero attached hydrogens (tertiary/aromatic N) is 1. The lowest BCUT2D eigenvalue weighted by Crippen LogP contribution is -2.41. The monoisotopic (exact) mass is 415 g/mol. The average molecular weight is 416 g/mol. The molecule has 0 atom stereocenters. The van der Waals surface area contributed by atoms with Gasteiger partial charge in [-0.15, -0.1) is 11.3 Å². The molecule has 1 aliphatic carbocycles. The van der Waals surface area contributed by atoms with Gasteiger partial charge in [0, 0.05) is 31.9 Å². The van der Waals surface area contributed by atoms with E-state index in [9.17, 15) is 0 Å². The number of hydrogen-bond acceptors (Lipinski definition) is 2. The van der Waals surface area contributed by atoms with E-state index in [1.54, 1.807) is 10.8 Å². The summed E-state index contributed by atoms with van der Waals surface area (Å²) in [5, 5.41) is 4.27. The SMILES string of the molecule is C[Si](C)(C)c1cnc(-c2cccc3c2sc2ccccc23)cc1CC1CCCC1. The molecule has 3 heteroatoms. The number of thiophene rings is 1. The van der Waals surface area contributed by atoms with Gasteiger partial charge in [-0.2, -0.15) is 0 Å². The molecule has 0 radical (unpaired) electrons. The van der Waals surface area contributed by atoms with Crippen molar-refractivity contribution in [2.45, 2.75) is 51.7 Å². The summed E-state index contributed by atoms with van der Waals surface area (Å²) in [6.07, 6.45) is 9.07. The second-order valence-electron chi connectivity index (χ2n) is 9.61. The quantitative estimate of drug-likeness (QED) is 0.317. The van der Waals surface area contributed by atoms with Crippen molar-refractivity contribution < 1.29 is 0 Å². The van der Waals surface area contributed by atoms with Gasteiger partial charge in [-0.3, -0.25) is 4.98 Å². The van der Waals surface area contributed by atoms with Crippen LogP contribution < -0.4 is 5.19 Å². The van der Waals surface area contributed by atoms with Crippen molar-refractivity contribution in [1.29, 1.82) is 0 Å². The summed E-state index contributed by atoms with van der Waals surface area (Å²) in [7, 11) is -1.41. The first-order valence-electron chi connectivity index (χ1n) is 10.9. The summed E-state index contributed by atoms with van der Waals surface area (Å²) in [4.78, 5) is 5.01. The molecule has 0 unspecified atom stereocenters. The fourth-order valence-electron chi connectivity index (χ4n) is 4.96. The van der Waals surface area contributed by atoms with Crippen LogP contribution in [0.4, 0.5) is 0 Å². The molecule has 0 bridgehead atoms. The van der Waals surface area contributed by atoms with Crippen molar-refractivity contribution in [2.75, 3.05) is 0 Å². The first-order chi connectivity index (χ1) is 14.0. The van der Waals surface area contributed by atoms with Crippen molar-refractivity contribution in [2.24, 2.45) is 5.92 Å². The Morgan fingerprint density at radius 1 is 0.966 bits per heavy atom. The summed E-state index contributed by atoms with van der Waals surface area (Å²) < 4.78 is 2.73. The van der Waals surface area contributed by atoms with E-state index in [1.807, 2.05) is 11.3 Å². The molecule has 2 heterocycles. The highest BCUT2D eigenvalue weighted by atomic mass is 32.1. The maximum Gasteiger partial charge on any atom is 0.0799 e. The normalized spacial score (nSPS) is 15.6. The van der Waals surface area contributed by atoms with E-state index in [4.69, 9.17) is 4.98 Å². The molecule has 1 saturated carbocycles. The minimum absolute atomic E-state index is 0.862. The van der Waals surface area contributed by atoms with E-state index in [1.165, 1.54) is 57.8 Å². The third-order valence-electron chi connectivity index (χ3n) is 6.46. The van der Waals surface area contributed by atoms with Gasteiger partial charge in [0.05, 0.1) is 13.8 Å². The third kappa shape index (κ3) is 3.55. The molecule has 0 amide bonds. The molecule has 0 aliphatic heterocycles. The standard InChI is InChI=1S/C26H29NSSi/c1-29(2,3)25-17-27-23(16-19(25)15-18-9-4-5-10-18)22-13-8-12-21-20-11-6-7-14-24(20)28-26(21)22/h6-8,11-14,16-18H,4-5,9-10,15H2,1-3H3. The highest BCUT2D eigenvalue weighted by Gasteiger charge is 2.24. The Bertz CT molecular complexity index is 1180. The van der Waals surface area contributed by atoms with Crippen LogP contribution in [0.1, 0.15) is 31.2 Å². The fourth-order valence-corrected chi connectivity index (χ4v) is 7.78. The molecule has 4 aromatic rings. The lowest BCUT2D eigenvalue weighted by Gasteiger charge is -2.23. The zero-order valence-corrected chi connectivity index (χ0v) is 19.5. The zero-order chi connectivity index (χ0) is 20.0. The minimum Gasteiger partial charge on any atom is -0.256 e. The van der Waals surface area contributed by atoms with Crippen molar-refractivity contribution in [3.05, 3.63) is 60.3 Å². The Kier molecular flexibility index (Phi) is 4.83. The second kappa shape index (κ2) is 7.37. The van der Waals surface area contributed by atoms with E-state index in [0.717, 1.165) is 11.6 Å². The van der Waals surface area contributed by atoms with Crippen molar-refractivity contribution >= 4 is 44.8 Å². The van der Waals surface area contributed by atoms with Crippen LogP contribution in [0.5, 0.6) is 0 Å². The molecular weight excluding hydrogens is 386 g/mol. The molecule has 29 heavy (non-hydrogen) atoms. The van der Waals surface area contributed by atoms with Crippen LogP contribution in [0, 0.1) is 5.92 Å². The summed E-state index contributed by atoms with van der Waals surface area (Å²) in [6.45, 7) is 7.36. The van der Waals surface area contributed by atoms with Crippen LogP contribution in [-0.4, -0.2) is 13.1 Å². The average Bonchev–Trinajstić information content (AvgIpc) is 3.34. The number of hydrogen-bond donors (Lipinski definition) is 0. The lowest BCUT2D eigenvalue weighted by atomic mass is 9.97. The molecule has 1 fully saturated rings. The van der Waals surface area contributed by atoms with Crippen LogP contribution in [0.25, 0.3) is 31.4 Å². The Morgan fingerprint density at radius 3 is 2.52 bits per heavy atom. The number of rotatable bonds is 4. The van der Waals surface area contributed by atoms with E-state index in [2.05, 4.69) is 74.4 Å². The molecule has 0 spiro atoms. The molecule has 2 aromatic heterocycles. The molecule has 148 valence electrons. The molecule has 1 nitrogen and oxygen atoms in total. The highest BCUT2D eigenvalue weighted by molar-refractivity contribution is 7.26. The van der Waals surface area contributed by atoms with Crippen LogP contribution in [0.3, 0.4) is 0 Å². The highest BCUT2D eigenvalue weighted by Crippen LogP contribution is 2.39. The maximum atomic E-state index is 5.01. The molecular formula is C26H29NSSi. The van der Waals surface area contributed by atoms with Crippen molar-refractivity contribution in [3.63, 3.8) is 0 Å². The Balaban J connectivity index is 1.66. The molecule has 5 rings (SSSR count). The third-order valence-corrected chi connectivity index (χ3v) is 9.75. The van der Waals surface area contributed by atoms with Gasteiger partial charge >= 0.3 is 0 Å². The Morgan fingerprint density at radius 2 is 1.72 bits per heavy atom. The van der Waals surface area contributed by atoms with Gasteiger partial charge in [0.1, 0.15) is 0 Å². The smallest absolute Gasteiger partial charge is 0.0799 e. The minimum atomic E-state index is -1.41. The fraction of sp³-hybridized carbons (Fsp3) is 0.346. The van der Waals surface area contributed by atoms with Crippen LogP contribution >= 0.6 is 11.3 Å². The topological polar surface area (TPSA) is 12.9 Å². The van der Waals surface area contributed by atoms with Gasteiger partial charge in [0.15, 0.2) is 0 Å². The Labute approximate surface area is 178 Å². The van der Waals surface area contributed by atoms with Gasteiger partial charge in [-0.25, -0.2) is 0 Å². The van der Waals surface area contributed by atoms with Gasteiger partial charge in [-0.05, 0) is 35.2 Å². The molecule has 0 saturated heterocycles. The second-order valence-corrected chi connectivity index (χ2v) is 15.7. The first-order valence-corrected chi connectivity index (χ1v) is 15.2. The van der Waals surface area contributed by atoms with Crippen LogP contribution in [-0.2, 0) is 6.42 Å². The number of pyridine rings is 1. The van der Waals surface area contributed by atoms with E-state index < -0.39 is 8.07 Å². The Hall–Kier alpha value is -1.97. The van der Waals surface area contributed by atoms with E-state index in [-0.39, 0.29) is 0 Å². The van der Waals surface area contributed by atoms with Gasteiger partial charge in [0.25, 0.3) is 0 Å². The van der Waals surface area contributed by atoms with Crippen LogP contribution in [0.2, 0.25) is 19.6 Å². The number of benzene rings is 2. The summed E-state index contributed by atoms with van der Waals surface area (Å²) in [5.74, 6) is 0.862. The lowest BCUT2D eigenvalue weighted by molar-refractivity contribution is 0.547. The summed E-state index contributed by atoms with van der Waals surface area (Å²) in [6, 6.07) is 17.9. The predicted molar refractivity (Wildman–Crippen MR) is 131 cm³/mol. The number of aromatic nitrogens is 1. The van der Waals surface area contributed by atoms with Crippen molar-refractivity contribution in [1.82, 2.24) is 4.98 Å². The first kappa shape index (κ1) is 19.0. The van der Waals surface area contributed by atoms with E-state index in [0.29, 0.717) is 0 Å². The summed E-state index contributed by atoms with van der Waals surface area (Å²) >= 11 is 1.90. The molecule has 0 N–H and O–H groups in total. The zero-order valence-electron chi connectivity index (χ0n) is 17.7. The summed E-state index contributed by atoms with van der Waals surface area (Å²) in [5.41, 5.74) is 4.01. The van der Waals surface area contributed by atoms with Gasteiger partial charge < -0.3 is 0 Å². The largest absolute Gasteiger partial charge is 0.256 e. The predicted octanol–water partition coefficient (Wildman–Crippen LogP) is 7.39. The van der Waals surface area contributed by atoms with Crippen LogP contribution in [0.15, 0.2) is 54.7 Å². The van der Waals surface area contributed by atoms with Crippen molar-refractivity contribution in [3.8, 4) is 11.3 Å².